The molecule has 0 radical (unpaired) electrons. The lowest BCUT2D eigenvalue weighted by molar-refractivity contribution is 0.306. The molecule has 0 amide bonds. The Kier molecular flexibility index (Phi) is 4.30. The zero-order valence-corrected chi connectivity index (χ0v) is 13.5. The van der Waals surface area contributed by atoms with E-state index in [2.05, 4.69) is 52.3 Å². The number of hydrogen-bond donors (Lipinski definition) is 0. The summed E-state index contributed by atoms with van der Waals surface area (Å²) in [4.78, 5) is 0. The number of methoxy groups -OCH3 is 1. The molecule has 2 aromatic rings. The van der Waals surface area contributed by atoms with Crippen LogP contribution in [0.2, 0.25) is 0 Å². The molecule has 0 saturated carbocycles. The smallest absolute Gasteiger partial charge is 0.127 e. The van der Waals surface area contributed by atoms with E-state index in [1.54, 1.807) is 7.11 Å². The van der Waals surface area contributed by atoms with Gasteiger partial charge in [0, 0.05) is 10.9 Å². The molecule has 2 nitrogen and oxygen atoms in total. The van der Waals surface area contributed by atoms with Crippen LogP contribution in [0.3, 0.4) is 0 Å². The normalized spacial score (nSPS) is 14.9. The lowest BCUT2D eigenvalue weighted by Gasteiger charge is -2.12. The molecule has 1 aliphatic heterocycles. The van der Waals surface area contributed by atoms with E-state index in [0.717, 1.165) is 28.8 Å². The van der Waals surface area contributed by atoms with Crippen molar-refractivity contribution in [2.45, 2.75) is 13.0 Å². The van der Waals surface area contributed by atoms with Gasteiger partial charge in [-0.3, -0.25) is 0 Å². The number of rotatable bonds is 3. The van der Waals surface area contributed by atoms with Crippen LogP contribution in [-0.4, -0.2) is 12.4 Å². The van der Waals surface area contributed by atoms with Gasteiger partial charge in [0.1, 0.15) is 18.1 Å². The Bertz CT molecular complexity index is 677. The number of halogens is 1. The summed E-state index contributed by atoms with van der Waals surface area (Å²) in [5, 5.41) is 0.943. The minimum absolute atomic E-state index is 0.598. The first-order chi connectivity index (χ1) is 10.3. The highest BCUT2D eigenvalue weighted by Gasteiger charge is 2.19. The molecule has 108 valence electrons. The van der Waals surface area contributed by atoms with Gasteiger partial charge in [-0.2, -0.15) is 0 Å². The van der Waals surface area contributed by atoms with Crippen molar-refractivity contribution in [3.8, 4) is 11.5 Å². The van der Waals surface area contributed by atoms with E-state index in [9.17, 15) is 0 Å². The van der Waals surface area contributed by atoms with Crippen LogP contribution in [0.4, 0.5) is 0 Å². The molecule has 0 atom stereocenters. The Balaban J connectivity index is 2.19. The monoisotopic (exact) mass is 344 g/mol. The van der Waals surface area contributed by atoms with Crippen molar-refractivity contribution >= 4 is 21.5 Å². The fourth-order valence-electron chi connectivity index (χ4n) is 2.60. The van der Waals surface area contributed by atoms with Crippen molar-refractivity contribution in [2.75, 3.05) is 12.4 Å². The van der Waals surface area contributed by atoms with Crippen LogP contribution in [0.1, 0.15) is 23.1 Å². The quantitative estimate of drug-likeness (QED) is 0.744. The molecule has 2 aromatic carbocycles. The minimum Gasteiger partial charge on any atom is -0.497 e. The summed E-state index contributed by atoms with van der Waals surface area (Å²) in [6.45, 7) is 0.598. The number of hydrogen-bond acceptors (Lipinski definition) is 2. The first-order valence-corrected chi connectivity index (χ1v) is 8.11. The van der Waals surface area contributed by atoms with Gasteiger partial charge in [-0.15, -0.1) is 0 Å². The lowest BCUT2D eigenvalue weighted by atomic mass is 9.93. The Labute approximate surface area is 133 Å². The van der Waals surface area contributed by atoms with Gasteiger partial charge in [-0.1, -0.05) is 46.3 Å². The molecule has 0 N–H and O–H groups in total. The van der Waals surface area contributed by atoms with Crippen molar-refractivity contribution in [1.29, 1.82) is 0 Å². The van der Waals surface area contributed by atoms with Gasteiger partial charge >= 0.3 is 0 Å². The molecule has 1 aliphatic rings. The summed E-state index contributed by atoms with van der Waals surface area (Å²) in [5.41, 5.74) is 4.77. The summed E-state index contributed by atoms with van der Waals surface area (Å²) >= 11 is 3.50. The van der Waals surface area contributed by atoms with E-state index < -0.39 is 0 Å². The molecular formula is C18H17BrO2. The van der Waals surface area contributed by atoms with Crippen LogP contribution in [0.15, 0.2) is 48.5 Å². The van der Waals surface area contributed by atoms with Gasteiger partial charge in [-0.25, -0.2) is 0 Å². The maximum atomic E-state index is 5.98. The largest absolute Gasteiger partial charge is 0.497 e. The van der Waals surface area contributed by atoms with Crippen LogP contribution >= 0.6 is 15.9 Å². The number of fused-ring (bicyclic) bond motifs is 2. The molecule has 0 unspecified atom stereocenters. The molecule has 3 heteroatoms. The van der Waals surface area contributed by atoms with Gasteiger partial charge in [-0.05, 0) is 41.3 Å². The van der Waals surface area contributed by atoms with Crippen molar-refractivity contribution < 1.29 is 9.47 Å². The number of benzene rings is 2. The van der Waals surface area contributed by atoms with Gasteiger partial charge in [0.25, 0.3) is 0 Å². The fourth-order valence-corrected chi connectivity index (χ4v) is 2.83. The number of allylic oxidation sites excluding steroid dienone is 1. The molecule has 0 fully saturated rings. The topological polar surface area (TPSA) is 18.5 Å². The molecule has 0 bridgehead atoms. The van der Waals surface area contributed by atoms with Crippen molar-refractivity contribution in [3.05, 3.63) is 65.2 Å². The third-order valence-electron chi connectivity index (χ3n) is 3.63. The second-order valence-electron chi connectivity index (χ2n) is 4.90. The maximum Gasteiger partial charge on any atom is 0.127 e. The van der Waals surface area contributed by atoms with Gasteiger partial charge in [0.15, 0.2) is 0 Å². The van der Waals surface area contributed by atoms with E-state index in [0.29, 0.717) is 6.61 Å². The Morgan fingerprint density at radius 3 is 2.86 bits per heavy atom. The molecule has 0 saturated heterocycles. The Hall–Kier alpha value is -1.74. The average molecular weight is 345 g/mol. The lowest BCUT2D eigenvalue weighted by Crippen LogP contribution is -1.95. The van der Waals surface area contributed by atoms with E-state index >= 15 is 0 Å². The predicted octanol–water partition coefficient (Wildman–Crippen LogP) is 4.80. The number of ether oxygens (including phenoxy) is 2. The van der Waals surface area contributed by atoms with Crippen LogP contribution in [0.25, 0.3) is 5.57 Å². The zero-order valence-electron chi connectivity index (χ0n) is 11.9. The van der Waals surface area contributed by atoms with Crippen LogP contribution < -0.4 is 9.47 Å². The summed E-state index contributed by atoms with van der Waals surface area (Å²) in [7, 11) is 1.69. The molecule has 0 spiro atoms. The molecule has 1 heterocycles. The second-order valence-corrected chi connectivity index (χ2v) is 5.70. The highest BCUT2D eigenvalue weighted by atomic mass is 79.9. The summed E-state index contributed by atoms with van der Waals surface area (Å²) in [5.74, 6) is 1.76. The Morgan fingerprint density at radius 2 is 2.05 bits per heavy atom. The van der Waals surface area contributed by atoms with Crippen molar-refractivity contribution in [2.24, 2.45) is 0 Å². The van der Waals surface area contributed by atoms with Crippen molar-refractivity contribution in [1.82, 2.24) is 0 Å². The average Bonchev–Trinajstić information content (AvgIpc) is 2.69. The van der Waals surface area contributed by atoms with E-state index in [1.807, 2.05) is 12.1 Å². The highest BCUT2D eigenvalue weighted by Crippen LogP contribution is 2.38. The predicted molar refractivity (Wildman–Crippen MR) is 89.3 cm³/mol. The summed E-state index contributed by atoms with van der Waals surface area (Å²) in [6, 6.07) is 14.4. The standard InChI is InChI=1S/C18H17BrO2/c1-20-14-8-9-18-17(11-14)16(7-4-10-19)15-6-3-2-5-13(15)12-21-18/h2-3,5-9,11H,4,10,12H2,1H3/b16-7+. The van der Waals surface area contributed by atoms with Crippen LogP contribution in [-0.2, 0) is 6.61 Å². The SMILES string of the molecule is COc1ccc2c(c1)/C(=C/CCBr)c1ccccc1CO2. The third-order valence-corrected chi connectivity index (χ3v) is 4.08. The zero-order chi connectivity index (χ0) is 14.7. The number of alkyl halides is 1. The maximum absolute atomic E-state index is 5.98. The first kappa shape index (κ1) is 14.2. The first-order valence-electron chi connectivity index (χ1n) is 6.99. The summed E-state index contributed by atoms with van der Waals surface area (Å²) in [6.07, 6.45) is 3.24. The third kappa shape index (κ3) is 2.84. The Morgan fingerprint density at radius 1 is 1.19 bits per heavy atom. The molecule has 0 aliphatic carbocycles. The molecular weight excluding hydrogens is 328 g/mol. The highest BCUT2D eigenvalue weighted by molar-refractivity contribution is 9.09. The van der Waals surface area contributed by atoms with Crippen LogP contribution in [0, 0.1) is 0 Å². The van der Waals surface area contributed by atoms with E-state index in [1.165, 1.54) is 16.7 Å². The van der Waals surface area contributed by atoms with E-state index in [4.69, 9.17) is 9.47 Å². The van der Waals surface area contributed by atoms with E-state index in [-0.39, 0.29) is 0 Å². The van der Waals surface area contributed by atoms with Gasteiger partial charge < -0.3 is 9.47 Å². The second kappa shape index (κ2) is 6.35. The van der Waals surface area contributed by atoms with Gasteiger partial charge in [0.2, 0.25) is 0 Å². The molecule has 0 aromatic heterocycles. The fraction of sp³-hybridized carbons (Fsp3) is 0.222. The molecule has 3 rings (SSSR count). The summed E-state index contributed by atoms with van der Waals surface area (Å²) < 4.78 is 11.3. The van der Waals surface area contributed by atoms with Crippen LogP contribution in [0.5, 0.6) is 11.5 Å². The molecule has 21 heavy (non-hydrogen) atoms. The van der Waals surface area contributed by atoms with Gasteiger partial charge in [0.05, 0.1) is 7.11 Å². The minimum atomic E-state index is 0.598. The van der Waals surface area contributed by atoms with Crippen molar-refractivity contribution in [3.63, 3.8) is 0 Å².